The van der Waals surface area contributed by atoms with Crippen molar-refractivity contribution in [3.8, 4) is 0 Å². The van der Waals surface area contributed by atoms with Crippen LogP contribution in [-0.2, 0) is 6.54 Å². The van der Waals surface area contributed by atoms with Gasteiger partial charge in [-0.25, -0.2) is 4.68 Å². The van der Waals surface area contributed by atoms with Crippen molar-refractivity contribution in [2.24, 2.45) is 0 Å². The summed E-state index contributed by atoms with van der Waals surface area (Å²) in [6.45, 7) is 7.78. The lowest BCUT2D eigenvalue weighted by Crippen LogP contribution is -2.38. The van der Waals surface area contributed by atoms with Crippen LogP contribution in [0.2, 0.25) is 0 Å². The molecule has 1 atom stereocenters. The summed E-state index contributed by atoms with van der Waals surface area (Å²) < 4.78 is 1.35. The molecule has 0 aliphatic carbocycles. The van der Waals surface area contributed by atoms with E-state index in [1.54, 1.807) is 0 Å². The van der Waals surface area contributed by atoms with Crippen LogP contribution in [0.4, 0.5) is 0 Å². The van der Waals surface area contributed by atoms with E-state index in [0.29, 0.717) is 24.8 Å². The highest BCUT2D eigenvalue weighted by molar-refractivity contribution is 5.91. The van der Waals surface area contributed by atoms with Gasteiger partial charge in [-0.2, -0.15) is 5.10 Å². The van der Waals surface area contributed by atoms with Crippen LogP contribution < -0.4 is 10.9 Å². The van der Waals surface area contributed by atoms with Gasteiger partial charge in [0.25, 0.3) is 11.5 Å². The lowest BCUT2D eigenvalue weighted by Gasteiger charge is -2.33. The fraction of sp³-hybridized carbons (Fsp3) is 0.722. The quantitative estimate of drug-likeness (QED) is 0.739. The molecule has 1 saturated heterocycles. The number of likely N-dealkylation sites (tertiary alicyclic amines) is 1. The van der Waals surface area contributed by atoms with Gasteiger partial charge in [-0.05, 0) is 58.2 Å². The van der Waals surface area contributed by atoms with Gasteiger partial charge in [-0.15, -0.1) is 0 Å². The number of piperidine rings is 1. The maximum Gasteiger partial charge on any atom is 0.271 e. The van der Waals surface area contributed by atoms with E-state index in [4.69, 9.17) is 0 Å². The van der Waals surface area contributed by atoms with E-state index in [1.807, 2.05) is 6.92 Å². The molecule has 24 heavy (non-hydrogen) atoms. The Hall–Kier alpha value is -1.69. The van der Waals surface area contributed by atoms with Crippen LogP contribution in [0, 0.1) is 0 Å². The smallest absolute Gasteiger partial charge is 0.271 e. The van der Waals surface area contributed by atoms with Crippen molar-refractivity contribution in [1.29, 1.82) is 0 Å². The van der Waals surface area contributed by atoms with Gasteiger partial charge in [0.1, 0.15) is 5.69 Å². The third-order valence-corrected chi connectivity index (χ3v) is 4.63. The van der Waals surface area contributed by atoms with E-state index in [-0.39, 0.29) is 11.5 Å². The third kappa shape index (κ3) is 5.44. The molecule has 0 aromatic carbocycles. The summed E-state index contributed by atoms with van der Waals surface area (Å²) in [4.78, 5) is 26.3. The molecular formula is C18H30N4O2. The zero-order valence-corrected chi connectivity index (χ0v) is 15.0. The number of hydrogen-bond donors (Lipinski definition) is 1. The van der Waals surface area contributed by atoms with Crippen LogP contribution in [0.25, 0.3) is 0 Å². The minimum atomic E-state index is -0.203. The van der Waals surface area contributed by atoms with Crippen LogP contribution in [0.5, 0.6) is 0 Å². The van der Waals surface area contributed by atoms with Crippen molar-refractivity contribution in [2.75, 3.05) is 19.6 Å². The number of nitrogens with one attached hydrogen (secondary N) is 1. The molecule has 6 nitrogen and oxygen atoms in total. The Morgan fingerprint density at radius 1 is 1.29 bits per heavy atom. The highest BCUT2D eigenvalue weighted by Gasteiger charge is 2.17. The van der Waals surface area contributed by atoms with Gasteiger partial charge in [0.05, 0.1) is 0 Å². The third-order valence-electron chi connectivity index (χ3n) is 4.63. The van der Waals surface area contributed by atoms with E-state index in [2.05, 4.69) is 22.2 Å². The lowest BCUT2D eigenvalue weighted by atomic mass is 10.0. The highest BCUT2D eigenvalue weighted by atomic mass is 16.2. The van der Waals surface area contributed by atoms with Crippen molar-refractivity contribution in [2.45, 2.75) is 65.0 Å². The maximum atomic E-state index is 12.1. The number of carbonyl (C=O) groups excluding carboxylic acids is 1. The molecule has 1 fully saturated rings. The van der Waals surface area contributed by atoms with Gasteiger partial charge in [-0.3, -0.25) is 9.59 Å². The molecule has 1 amide bonds. The molecule has 6 heteroatoms. The summed E-state index contributed by atoms with van der Waals surface area (Å²) in [6.07, 6.45) is 6.82. The molecule has 0 unspecified atom stereocenters. The minimum absolute atomic E-state index is 0.163. The van der Waals surface area contributed by atoms with Gasteiger partial charge in [-0.1, -0.05) is 13.3 Å². The molecule has 0 radical (unpaired) electrons. The Kier molecular flexibility index (Phi) is 7.43. The molecular weight excluding hydrogens is 304 g/mol. The zero-order valence-electron chi connectivity index (χ0n) is 15.0. The van der Waals surface area contributed by atoms with Gasteiger partial charge < -0.3 is 10.2 Å². The number of nitrogens with zero attached hydrogens (tertiary/aromatic N) is 3. The lowest BCUT2D eigenvalue weighted by molar-refractivity contribution is 0.0944. The topological polar surface area (TPSA) is 67.2 Å². The summed E-state index contributed by atoms with van der Waals surface area (Å²) >= 11 is 0. The van der Waals surface area contributed by atoms with Crippen LogP contribution in [-0.4, -0.2) is 46.3 Å². The first-order valence-electron chi connectivity index (χ1n) is 9.22. The van der Waals surface area contributed by atoms with E-state index in [0.717, 1.165) is 25.8 Å². The standard InChI is InChI=1S/C18H30N4O2/c1-3-12-22-17(23)10-9-16(20-22)18(24)19-11-5-7-14-21-13-6-4-8-15(21)2/h9-10,15H,3-8,11-14H2,1-2H3,(H,19,24)/t15-/m0/s1. The second-order valence-electron chi connectivity index (χ2n) is 6.62. The van der Waals surface area contributed by atoms with E-state index in [9.17, 15) is 9.59 Å². The van der Waals surface area contributed by atoms with Crippen molar-refractivity contribution in [3.63, 3.8) is 0 Å². The van der Waals surface area contributed by atoms with E-state index >= 15 is 0 Å². The SMILES string of the molecule is CCCn1nc(C(=O)NCCCCN2CCCC[C@@H]2C)ccc1=O. The number of aromatic nitrogens is 2. The average molecular weight is 334 g/mol. The average Bonchev–Trinajstić information content (AvgIpc) is 2.58. The van der Waals surface area contributed by atoms with Crippen molar-refractivity contribution in [1.82, 2.24) is 20.0 Å². The second kappa shape index (κ2) is 9.57. The predicted molar refractivity (Wildman–Crippen MR) is 95.2 cm³/mol. The number of carbonyl (C=O) groups is 1. The Morgan fingerprint density at radius 3 is 2.88 bits per heavy atom. The molecule has 0 bridgehead atoms. The number of aryl methyl sites for hydroxylation is 1. The molecule has 1 aromatic heterocycles. The van der Waals surface area contributed by atoms with Crippen LogP contribution in [0.15, 0.2) is 16.9 Å². The zero-order chi connectivity index (χ0) is 17.4. The molecule has 134 valence electrons. The summed E-state index contributed by atoms with van der Waals surface area (Å²) in [5, 5.41) is 7.03. The van der Waals surface area contributed by atoms with E-state index < -0.39 is 0 Å². The molecule has 0 spiro atoms. The number of amides is 1. The summed E-state index contributed by atoms with van der Waals surface area (Å²) in [5.74, 6) is -0.203. The summed E-state index contributed by atoms with van der Waals surface area (Å²) in [6, 6.07) is 3.60. The molecule has 1 N–H and O–H groups in total. The van der Waals surface area contributed by atoms with Gasteiger partial charge in [0, 0.05) is 25.2 Å². The van der Waals surface area contributed by atoms with Gasteiger partial charge >= 0.3 is 0 Å². The van der Waals surface area contributed by atoms with Crippen molar-refractivity contribution in [3.05, 3.63) is 28.2 Å². The monoisotopic (exact) mass is 334 g/mol. The van der Waals surface area contributed by atoms with Crippen molar-refractivity contribution >= 4 is 5.91 Å². The molecule has 1 aliphatic rings. The summed E-state index contributed by atoms with van der Waals surface area (Å²) in [5.41, 5.74) is 0.150. The Bertz CT molecular complexity index is 585. The molecule has 1 aliphatic heterocycles. The number of rotatable bonds is 8. The Morgan fingerprint density at radius 2 is 2.12 bits per heavy atom. The molecule has 2 heterocycles. The first-order chi connectivity index (χ1) is 11.6. The molecule has 0 saturated carbocycles. The maximum absolute atomic E-state index is 12.1. The van der Waals surface area contributed by atoms with Crippen molar-refractivity contribution < 1.29 is 4.79 Å². The molecule has 2 rings (SSSR count). The van der Waals surface area contributed by atoms with Gasteiger partial charge in [0.2, 0.25) is 0 Å². The second-order valence-corrected chi connectivity index (χ2v) is 6.62. The Labute approximate surface area is 144 Å². The fourth-order valence-electron chi connectivity index (χ4n) is 3.16. The molecule has 1 aromatic rings. The first kappa shape index (κ1) is 18.6. The largest absolute Gasteiger partial charge is 0.351 e. The van der Waals surface area contributed by atoms with Crippen LogP contribution in [0.1, 0.15) is 62.9 Å². The normalized spacial score (nSPS) is 18.5. The van der Waals surface area contributed by atoms with Crippen LogP contribution in [0.3, 0.4) is 0 Å². The summed E-state index contributed by atoms with van der Waals surface area (Å²) in [7, 11) is 0. The van der Waals surface area contributed by atoms with Crippen LogP contribution >= 0.6 is 0 Å². The number of unbranched alkanes of at least 4 members (excludes halogenated alkanes) is 1. The van der Waals surface area contributed by atoms with Gasteiger partial charge in [0.15, 0.2) is 0 Å². The number of hydrogen-bond acceptors (Lipinski definition) is 4. The first-order valence-corrected chi connectivity index (χ1v) is 9.22. The minimum Gasteiger partial charge on any atom is -0.351 e. The fourth-order valence-corrected chi connectivity index (χ4v) is 3.16. The predicted octanol–water partition coefficient (Wildman–Crippen LogP) is 2.04. The highest BCUT2D eigenvalue weighted by Crippen LogP contribution is 2.16. The van der Waals surface area contributed by atoms with E-state index in [1.165, 1.54) is 42.6 Å². The Balaban J connectivity index is 1.71.